The molecule has 4 aliphatic carbocycles. The van der Waals surface area contributed by atoms with Crippen molar-refractivity contribution in [2.45, 2.75) is 31.5 Å². The van der Waals surface area contributed by atoms with Gasteiger partial charge in [0.25, 0.3) is 0 Å². The fraction of sp³-hybridized carbons (Fsp3) is 0.750. The molecule has 1 N–H and O–H groups in total. The van der Waals surface area contributed by atoms with E-state index in [4.69, 9.17) is 4.74 Å². The molecule has 2 fully saturated rings. The topological polar surface area (TPSA) is 46.5 Å². The first kappa shape index (κ1) is 9.55. The molecular formula is C12H16O3. The molecule has 1 spiro atoms. The Labute approximate surface area is 89.1 Å². The lowest BCUT2D eigenvalue weighted by atomic mass is 9.58. The molecule has 0 aliphatic heterocycles. The molecule has 2 bridgehead atoms. The maximum Gasteiger partial charge on any atom is 0.168 e. The van der Waals surface area contributed by atoms with Gasteiger partial charge in [-0.3, -0.25) is 4.79 Å². The minimum absolute atomic E-state index is 0.0190. The van der Waals surface area contributed by atoms with Gasteiger partial charge in [0.15, 0.2) is 5.78 Å². The Morgan fingerprint density at radius 1 is 1.60 bits per heavy atom. The fourth-order valence-corrected chi connectivity index (χ4v) is 3.74. The lowest BCUT2D eigenvalue weighted by molar-refractivity contribution is -0.147. The average Bonchev–Trinajstić information content (AvgIpc) is 2.64. The number of methoxy groups -OCH3 is 1. The fourth-order valence-electron chi connectivity index (χ4n) is 3.74. The number of ether oxygens (including phenoxy) is 1. The molecule has 15 heavy (non-hydrogen) atoms. The molecule has 3 heteroatoms. The number of allylic oxidation sites excluding steroid dienone is 1. The van der Waals surface area contributed by atoms with Crippen molar-refractivity contribution in [3.8, 4) is 0 Å². The van der Waals surface area contributed by atoms with Gasteiger partial charge in [0, 0.05) is 18.4 Å². The standard InChI is InChI=1S/C12H16O3/c1-15-9-3-5-12-4-2-7(6-8(9)12)10(13)11(12)14/h2,4,7-9,11,14H,3,5-6H2,1H3/t7-,8-,9-,11+,12-/m1/s1. The summed E-state index contributed by atoms with van der Waals surface area (Å²) in [6, 6.07) is 0. The van der Waals surface area contributed by atoms with Gasteiger partial charge in [-0.1, -0.05) is 12.2 Å². The van der Waals surface area contributed by atoms with Crippen LogP contribution in [0.15, 0.2) is 12.2 Å². The summed E-state index contributed by atoms with van der Waals surface area (Å²) >= 11 is 0. The zero-order valence-corrected chi connectivity index (χ0v) is 8.85. The molecule has 4 aliphatic rings. The summed E-state index contributed by atoms with van der Waals surface area (Å²) in [5, 5.41) is 10.1. The van der Waals surface area contributed by atoms with Crippen molar-refractivity contribution in [3.63, 3.8) is 0 Å². The van der Waals surface area contributed by atoms with Crippen LogP contribution in [0.3, 0.4) is 0 Å². The molecule has 0 aromatic carbocycles. The number of fused-ring (bicyclic) bond motifs is 1. The molecule has 82 valence electrons. The van der Waals surface area contributed by atoms with Crippen LogP contribution in [0.25, 0.3) is 0 Å². The van der Waals surface area contributed by atoms with Gasteiger partial charge in [0.05, 0.1) is 6.10 Å². The van der Waals surface area contributed by atoms with Crippen molar-refractivity contribution in [2.24, 2.45) is 17.3 Å². The summed E-state index contributed by atoms with van der Waals surface area (Å²) in [4.78, 5) is 11.8. The predicted octanol–water partition coefficient (Wildman–Crippen LogP) is 0.917. The maximum atomic E-state index is 11.8. The van der Waals surface area contributed by atoms with Gasteiger partial charge in [0.1, 0.15) is 6.10 Å². The molecule has 0 aromatic heterocycles. The second-order valence-electron chi connectivity index (χ2n) is 5.04. The van der Waals surface area contributed by atoms with Crippen LogP contribution >= 0.6 is 0 Å². The lowest BCUT2D eigenvalue weighted by Gasteiger charge is -2.47. The number of carbonyl (C=O) groups is 1. The first-order valence-corrected chi connectivity index (χ1v) is 5.63. The Morgan fingerprint density at radius 3 is 3.13 bits per heavy atom. The number of hydrogen-bond acceptors (Lipinski definition) is 3. The normalized spacial score (nSPS) is 52.3. The average molecular weight is 208 g/mol. The number of aliphatic hydroxyl groups excluding tert-OH is 1. The molecule has 5 atom stereocenters. The molecule has 4 rings (SSSR count). The Hall–Kier alpha value is -0.670. The molecule has 0 radical (unpaired) electrons. The first-order valence-electron chi connectivity index (χ1n) is 5.63. The second-order valence-corrected chi connectivity index (χ2v) is 5.04. The van der Waals surface area contributed by atoms with Crippen LogP contribution in [0, 0.1) is 17.3 Å². The van der Waals surface area contributed by atoms with Gasteiger partial charge in [0.2, 0.25) is 0 Å². The van der Waals surface area contributed by atoms with Crippen molar-refractivity contribution >= 4 is 5.78 Å². The highest BCUT2D eigenvalue weighted by Crippen LogP contribution is 2.57. The lowest BCUT2D eigenvalue weighted by Crippen LogP contribution is -2.54. The van der Waals surface area contributed by atoms with Gasteiger partial charge in [-0.15, -0.1) is 0 Å². The third kappa shape index (κ3) is 1.00. The number of rotatable bonds is 1. The van der Waals surface area contributed by atoms with Gasteiger partial charge < -0.3 is 9.84 Å². The van der Waals surface area contributed by atoms with Crippen LogP contribution in [-0.2, 0) is 9.53 Å². The van der Waals surface area contributed by atoms with Crippen molar-refractivity contribution in [1.29, 1.82) is 0 Å². The third-order valence-electron chi connectivity index (χ3n) is 4.59. The van der Waals surface area contributed by atoms with E-state index in [2.05, 4.69) is 6.08 Å². The van der Waals surface area contributed by atoms with Crippen LogP contribution in [0.5, 0.6) is 0 Å². The van der Waals surface area contributed by atoms with Crippen molar-refractivity contribution in [1.82, 2.24) is 0 Å². The number of Topliss-reactive ketones (excluding diaryl/α,β-unsaturated/α-hetero) is 1. The molecular weight excluding hydrogens is 192 g/mol. The van der Waals surface area contributed by atoms with Crippen LogP contribution < -0.4 is 0 Å². The van der Waals surface area contributed by atoms with E-state index in [1.807, 2.05) is 6.08 Å². The number of aliphatic hydroxyl groups is 1. The quantitative estimate of drug-likeness (QED) is 0.652. The number of carbonyl (C=O) groups excluding carboxylic acids is 1. The molecule has 0 saturated heterocycles. The molecule has 2 saturated carbocycles. The van der Waals surface area contributed by atoms with Crippen molar-refractivity contribution in [3.05, 3.63) is 12.2 Å². The maximum absolute atomic E-state index is 11.8. The summed E-state index contributed by atoms with van der Waals surface area (Å²) in [6.45, 7) is 0. The van der Waals surface area contributed by atoms with Crippen molar-refractivity contribution < 1.29 is 14.6 Å². The van der Waals surface area contributed by atoms with E-state index in [0.29, 0.717) is 5.92 Å². The third-order valence-corrected chi connectivity index (χ3v) is 4.59. The molecule has 0 aromatic rings. The summed E-state index contributed by atoms with van der Waals surface area (Å²) < 4.78 is 5.46. The minimum Gasteiger partial charge on any atom is -0.384 e. The molecule has 0 unspecified atom stereocenters. The summed E-state index contributed by atoms with van der Waals surface area (Å²) in [7, 11) is 1.73. The Morgan fingerprint density at radius 2 is 2.40 bits per heavy atom. The van der Waals surface area contributed by atoms with Crippen LogP contribution in [0.1, 0.15) is 19.3 Å². The smallest absolute Gasteiger partial charge is 0.168 e. The Bertz CT molecular complexity index is 336. The highest BCUT2D eigenvalue weighted by Gasteiger charge is 2.60. The predicted molar refractivity (Wildman–Crippen MR) is 54.2 cm³/mol. The zero-order valence-electron chi connectivity index (χ0n) is 8.85. The summed E-state index contributed by atoms with van der Waals surface area (Å²) in [5.74, 6) is 0.290. The van der Waals surface area contributed by atoms with E-state index < -0.39 is 6.10 Å². The summed E-state index contributed by atoms with van der Waals surface area (Å²) in [6.07, 6.45) is 6.21. The molecule has 3 nitrogen and oxygen atoms in total. The van der Waals surface area contributed by atoms with Crippen molar-refractivity contribution in [2.75, 3.05) is 7.11 Å². The first-order chi connectivity index (χ1) is 7.19. The van der Waals surface area contributed by atoms with E-state index in [0.717, 1.165) is 19.3 Å². The van der Waals surface area contributed by atoms with Gasteiger partial charge in [-0.25, -0.2) is 0 Å². The van der Waals surface area contributed by atoms with E-state index in [1.54, 1.807) is 7.11 Å². The minimum atomic E-state index is -0.786. The summed E-state index contributed by atoms with van der Waals surface area (Å²) in [5.41, 5.74) is -0.299. The monoisotopic (exact) mass is 208 g/mol. The SMILES string of the molecule is CO[C@@H]1CC[C@]23C=C[C@H](C[C@H]12)C(=O)[C@@H]3O. The van der Waals surface area contributed by atoms with Crippen LogP contribution in [-0.4, -0.2) is 30.2 Å². The number of ketones is 1. The van der Waals surface area contributed by atoms with E-state index in [-0.39, 0.29) is 23.2 Å². The van der Waals surface area contributed by atoms with E-state index >= 15 is 0 Å². The second kappa shape index (κ2) is 2.92. The molecule has 0 heterocycles. The van der Waals surface area contributed by atoms with Gasteiger partial charge in [-0.05, 0) is 25.2 Å². The van der Waals surface area contributed by atoms with Gasteiger partial charge >= 0.3 is 0 Å². The van der Waals surface area contributed by atoms with E-state index in [1.165, 1.54) is 0 Å². The van der Waals surface area contributed by atoms with Crippen LogP contribution in [0.4, 0.5) is 0 Å². The zero-order chi connectivity index (χ0) is 10.6. The van der Waals surface area contributed by atoms with Gasteiger partial charge in [-0.2, -0.15) is 0 Å². The Balaban J connectivity index is 2.04. The number of hydrogen-bond donors (Lipinski definition) is 1. The largest absolute Gasteiger partial charge is 0.384 e. The van der Waals surface area contributed by atoms with E-state index in [9.17, 15) is 9.90 Å². The molecule has 0 amide bonds. The van der Waals surface area contributed by atoms with Crippen LogP contribution in [0.2, 0.25) is 0 Å². The Kier molecular flexibility index (Phi) is 1.86. The highest BCUT2D eigenvalue weighted by atomic mass is 16.5. The highest BCUT2D eigenvalue weighted by molar-refractivity contribution is 5.90.